The number of nitrogens with one attached hydrogen (secondary N) is 1. The van der Waals surface area contributed by atoms with E-state index in [-0.39, 0.29) is 18.2 Å². The van der Waals surface area contributed by atoms with Gasteiger partial charge in [-0.3, -0.25) is 19.7 Å². The van der Waals surface area contributed by atoms with E-state index in [1.165, 1.54) is 4.90 Å². The fourth-order valence-electron chi connectivity index (χ4n) is 2.38. The molecule has 0 aromatic carbocycles. The summed E-state index contributed by atoms with van der Waals surface area (Å²) < 4.78 is 4.25. The van der Waals surface area contributed by atoms with Crippen molar-refractivity contribution < 1.29 is 19.1 Å². The number of hydrogen-bond acceptors (Lipinski definition) is 4. The van der Waals surface area contributed by atoms with E-state index in [4.69, 9.17) is 0 Å². The first-order valence-corrected chi connectivity index (χ1v) is 7.03. The molecule has 1 fully saturated rings. The maximum absolute atomic E-state index is 12.3. The van der Waals surface area contributed by atoms with Gasteiger partial charge in [-0.1, -0.05) is 24.8 Å². The Hall–Kier alpha value is -2.21. The summed E-state index contributed by atoms with van der Waals surface area (Å²) in [7, 11) is 3.25. The largest absolute Gasteiger partial charge is 0.388 e. The van der Waals surface area contributed by atoms with E-state index in [1.807, 2.05) is 6.92 Å². The van der Waals surface area contributed by atoms with Gasteiger partial charge in [0.15, 0.2) is 0 Å². The molecule has 1 saturated heterocycles. The number of imide groups is 1. The van der Waals surface area contributed by atoms with E-state index in [9.17, 15) is 14.4 Å². The van der Waals surface area contributed by atoms with Crippen molar-refractivity contribution in [2.45, 2.75) is 25.8 Å². The molecule has 2 aliphatic heterocycles. The predicted molar refractivity (Wildman–Crippen MR) is 82.9 cm³/mol. The summed E-state index contributed by atoms with van der Waals surface area (Å²) in [5.74, 6) is -0.851. The van der Waals surface area contributed by atoms with Crippen molar-refractivity contribution in [2.75, 3.05) is 20.8 Å². The second-order valence-corrected chi connectivity index (χ2v) is 4.95. The number of allylic oxidation sites excluding steroid dienone is 1. The molecule has 0 aromatic rings. The van der Waals surface area contributed by atoms with Gasteiger partial charge in [0.05, 0.1) is 0 Å². The maximum atomic E-state index is 12.3. The Bertz CT molecular complexity index is 534. The van der Waals surface area contributed by atoms with Crippen LogP contribution >= 0.6 is 0 Å². The van der Waals surface area contributed by atoms with Gasteiger partial charge in [0, 0.05) is 32.8 Å². The summed E-state index contributed by atoms with van der Waals surface area (Å²) in [6.45, 7) is 5.89. The quantitative estimate of drug-likeness (QED) is 0.788. The molecule has 2 aliphatic rings. The van der Waals surface area contributed by atoms with Crippen molar-refractivity contribution in [1.82, 2.24) is 10.2 Å². The Balaban J connectivity index is 0.000000745. The van der Waals surface area contributed by atoms with Crippen LogP contribution in [0.3, 0.4) is 0 Å². The molecule has 1 unspecified atom stereocenters. The van der Waals surface area contributed by atoms with Crippen molar-refractivity contribution in [1.29, 1.82) is 0 Å². The average molecular weight is 306 g/mol. The molecule has 3 amide bonds. The van der Waals surface area contributed by atoms with E-state index < -0.39 is 11.9 Å². The van der Waals surface area contributed by atoms with Gasteiger partial charge in [0.25, 0.3) is 5.91 Å². The molecule has 2 rings (SSSR count). The minimum absolute atomic E-state index is 0.178. The highest BCUT2D eigenvalue weighted by Gasteiger charge is 2.38. The first-order chi connectivity index (χ1) is 10.5. The van der Waals surface area contributed by atoms with E-state index in [0.29, 0.717) is 18.5 Å². The Labute approximate surface area is 130 Å². The molecule has 2 heterocycles. The normalized spacial score (nSPS) is 21.9. The highest BCUT2D eigenvalue weighted by atomic mass is 16.4. The average Bonchev–Trinajstić information content (AvgIpc) is 2.77. The lowest BCUT2D eigenvalue weighted by Crippen LogP contribution is -2.53. The topological polar surface area (TPSA) is 75.7 Å². The van der Waals surface area contributed by atoms with Crippen molar-refractivity contribution in [3.8, 4) is 0 Å². The van der Waals surface area contributed by atoms with Crippen LogP contribution in [0.25, 0.3) is 0 Å². The van der Waals surface area contributed by atoms with Gasteiger partial charge in [-0.05, 0) is 18.9 Å². The van der Waals surface area contributed by atoms with Gasteiger partial charge in [0.1, 0.15) is 6.04 Å². The number of methoxy groups -OCH3 is 1. The fraction of sp³-hybridized carbons (Fsp3) is 0.438. The Morgan fingerprint density at radius 1 is 1.32 bits per heavy atom. The molecule has 0 saturated carbocycles. The molecule has 6 heteroatoms. The Kier molecular flexibility index (Phi) is 6.72. The summed E-state index contributed by atoms with van der Waals surface area (Å²) in [5, 5.41) is 2.27. The SMILES string of the molecule is C=CC1=C(/C=C\C)C(=O)N(C2CCC(=O)NC2=O)C1.COC. The number of carbonyl (C=O) groups is 3. The molecule has 0 bridgehead atoms. The van der Waals surface area contributed by atoms with Crippen LogP contribution in [0.15, 0.2) is 36.0 Å². The van der Waals surface area contributed by atoms with E-state index in [0.717, 1.165) is 5.57 Å². The smallest absolute Gasteiger partial charge is 0.255 e. The maximum Gasteiger partial charge on any atom is 0.255 e. The first-order valence-electron chi connectivity index (χ1n) is 7.03. The highest BCUT2D eigenvalue weighted by Crippen LogP contribution is 2.25. The third kappa shape index (κ3) is 3.92. The molecule has 0 radical (unpaired) electrons. The minimum Gasteiger partial charge on any atom is -0.388 e. The number of amides is 3. The predicted octanol–water partition coefficient (Wildman–Crippen LogP) is 0.955. The molecular formula is C16H22N2O4. The number of nitrogens with zero attached hydrogens (tertiary/aromatic N) is 1. The molecule has 22 heavy (non-hydrogen) atoms. The van der Waals surface area contributed by atoms with Crippen LogP contribution in [0.2, 0.25) is 0 Å². The van der Waals surface area contributed by atoms with Crippen molar-refractivity contribution >= 4 is 17.7 Å². The molecule has 6 nitrogen and oxygen atoms in total. The molecule has 1 atom stereocenters. The zero-order valence-electron chi connectivity index (χ0n) is 13.2. The minimum atomic E-state index is -0.567. The van der Waals surface area contributed by atoms with E-state index >= 15 is 0 Å². The molecule has 0 aliphatic carbocycles. The molecule has 120 valence electrons. The summed E-state index contributed by atoms with van der Waals surface area (Å²) in [4.78, 5) is 36.7. The van der Waals surface area contributed by atoms with Crippen LogP contribution in [0.1, 0.15) is 19.8 Å². The third-order valence-electron chi connectivity index (χ3n) is 3.34. The van der Waals surface area contributed by atoms with Gasteiger partial charge in [-0.15, -0.1) is 0 Å². The summed E-state index contributed by atoms with van der Waals surface area (Å²) in [5.41, 5.74) is 1.38. The number of hydrogen-bond donors (Lipinski definition) is 1. The highest BCUT2D eigenvalue weighted by molar-refractivity contribution is 6.06. The molecule has 0 aromatic heterocycles. The third-order valence-corrected chi connectivity index (χ3v) is 3.34. The van der Waals surface area contributed by atoms with Gasteiger partial charge in [-0.25, -0.2) is 0 Å². The number of piperidine rings is 1. The lowest BCUT2D eigenvalue weighted by atomic mass is 10.0. The number of ether oxygens (including phenoxy) is 1. The number of carbonyl (C=O) groups excluding carboxylic acids is 3. The lowest BCUT2D eigenvalue weighted by molar-refractivity contribution is -0.142. The Morgan fingerprint density at radius 2 is 1.95 bits per heavy atom. The van der Waals surface area contributed by atoms with Crippen LogP contribution in [0.5, 0.6) is 0 Å². The van der Waals surface area contributed by atoms with Crippen molar-refractivity contribution in [3.05, 3.63) is 36.0 Å². The van der Waals surface area contributed by atoms with Gasteiger partial charge in [-0.2, -0.15) is 0 Å². The molecule has 1 N–H and O–H groups in total. The lowest BCUT2D eigenvalue weighted by Gasteiger charge is -2.29. The molecular weight excluding hydrogens is 284 g/mol. The van der Waals surface area contributed by atoms with E-state index in [1.54, 1.807) is 32.4 Å². The van der Waals surface area contributed by atoms with Crippen LogP contribution in [-0.2, 0) is 19.1 Å². The second-order valence-electron chi connectivity index (χ2n) is 4.95. The van der Waals surface area contributed by atoms with Crippen molar-refractivity contribution in [3.63, 3.8) is 0 Å². The van der Waals surface area contributed by atoms with Crippen LogP contribution in [-0.4, -0.2) is 49.4 Å². The zero-order valence-corrected chi connectivity index (χ0v) is 13.2. The van der Waals surface area contributed by atoms with Gasteiger partial charge in [0.2, 0.25) is 11.8 Å². The molecule has 0 spiro atoms. The zero-order chi connectivity index (χ0) is 16.7. The van der Waals surface area contributed by atoms with Crippen LogP contribution < -0.4 is 5.32 Å². The van der Waals surface area contributed by atoms with Gasteiger partial charge >= 0.3 is 0 Å². The summed E-state index contributed by atoms with van der Waals surface area (Å²) in [6.07, 6.45) is 5.79. The standard InChI is InChI=1S/C14H16N2O3.C2H6O/c1-3-5-10-9(4-2)8-16(14(10)19)11-6-7-12(17)15-13(11)18;1-3-2/h3-5,11H,2,6-8H2,1H3,(H,15,17,18);1-2H3/b5-3-;. The van der Waals surface area contributed by atoms with Crippen LogP contribution in [0.4, 0.5) is 0 Å². The van der Waals surface area contributed by atoms with E-state index in [2.05, 4.69) is 16.6 Å². The van der Waals surface area contributed by atoms with Crippen molar-refractivity contribution in [2.24, 2.45) is 0 Å². The van der Waals surface area contributed by atoms with Gasteiger partial charge < -0.3 is 9.64 Å². The summed E-state index contributed by atoms with van der Waals surface area (Å²) in [6, 6.07) is -0.567. The fourth-order valence-corrected chi connectivity index (χ4v) is 2.38. The monoisotopic (exact) mass is 306 g/mol. The van der Waals surface area contributed by atoms with Crippen LogP contribution in [0, 0.1) is 0 Å². The first kappa shape index (κ1) is 17.8. The number of rotatable bonds is 3. The summed E-state index contributed by atoms with van der Waals surface area (Å²) >= 11 is 0. The second kappa shape index (κ2) is 8.29. The Morgan fingerprint density at radius 3 is 2.45 bits per heavy atom.